The number of unbranched alkanes of at least 4 members (excludes halogenated alkanes) is 10. The van der Waals surface area contributed by atoms with Gasteiger partial charge in [0.25, 0.3) is 0 Å². The van der Waals surface area contributed by atoms with E-state index in [-0.39, 0.29) is 10.8 Å². The standard InChI is InChI=1S/C28H55O.O.2Sn/c1-6-11-16-17-18-19-20-25-27(21-12-7-2,22-13-8-3)28(26-29,23-14-9-4)24-15-10-5;;;/h6-25H2,1-5H3;;;. The van der Waals surface area contributed by atoms with Crippen molar-refractivity contribution >= 4 is 48.3 Å². The first-order valence-electron chi connectivity index (χ1n) is 14.2. The first-order chi connectivity index (χ1) is 15.5. The van der Waals surface area contributed by atoms with Gasteiger partial charge in [-0.25, -0.2) is 0 Å². The molecule has 187 valence electrons. The van der Waals surface area contributed by atoms with Crippen molar-refractivity contribution in [3.05, 3.63) is 0 Å². The van der Waals surface area contributed by atoms with Crippen molar-refractivity contribution in [1.29, 1.82) is 0 Å². The predicted molar refractivity (Wildman–Crippen MR) is 143 cm³/mol. The SMILES string of the molecule is CCCCCCCCCC(CCCC)(CCCC)C(CCCC)(CCCC)[C](=O)[Sn][O][Sn]. The van der Waals surface area contributed by atoms with Crippen molar-refractivity contribution < 1.29 is 6.21 Å². The summed E-state index contributed by atoms with van der Waals surface area (Å²) in [5.41, 5.74) is 0.105. The quantitative estimate of drug-likeness (QED) is 0.0763. The van der Waals surface area contributed by atoms with Crippen LogP contribution >= 0.6 is 0 Å². The van der Waals surface area contributed by atoms with Gasteiger partial charge in [0, 0.05) is 0 Å². The average Bonchev–Trinajstić information content (AvgIpc) is 2.80. The Kier molecular flexibility index (Phi) is 22.3. The van der Waals surface area contributed by atoms with Crippen molar-refractivity contribution in [3.8, 4) is 0 Å². The van der Waals surface area contributed by atoms with E-state index in [9.17, 15) is 4.79 Å². The molecule has 0 spiro atoms. The van der Waals surface area contributed by atoms with E-state index < -0.39 is 21.6 Å². The summed E-state index contributed by atoms with van der Waals surface area (Å²) >= 11 is -0.297. The summed E-state index contributed by atoms with van der Waals surface area (Å²) in [7, 11) is 0. The zero-order valence-corrected chi connectivity index (χ0v) is 28.2. The van der Waals surface area contributed by atoms with Crippen LogP contribution in [-0.4, -0.2) is 48.3 Å². The van der Waals surface area contributed by atoms with Crippen LogP contribution in [0.2, 0.25) is 0 Å². The number of hydrogen-bond acceptors (Lipinski definition) is 2. The number of hydrogen-bond donors (Lipinski definition) is 0. The van der Waals surface area contributed by atoms with Crippen LogP contribution in [-0.2, 0) is 6.21 Å². The minimum atomic E-state index is -1.40. The third kappa shape index (κ3) is 11.8. The summed E-state index contributed by atoms with van der Waals surface area (Å²) in [5.74, 6) is 0. The molecular formula is C28H55O2Sn2. The van der Waals surface area contributed by atoms with E-state index in [1.807, 2.05) is 0 Å². The molecule has 0 atom stereocenters. The molecule has 4 heteroatoms. The number of rotatable bonds is 24. The van der Waals surface area contributed by atoms with Gasteiger partial charge in [-0.3, -0.25) is 0 Å². The van der Waals surface area contributed by atoms with E-state index in [0.717, 1.165) is 35.8 Å². The third-order valence-electron chi connectivity index (χ3n) is 7.78. The Morgan fingerprint density at radius 2 is 0.969 bits per heavy atom. The molecule has 0 rings (SSSR count). The molecule has 0 aromatic heterocycles. The van der Waals surface area contributed by atoms with Crippen molar-refractivity contribution in [1.82, 2.24) is 0 Å². The molecule has 2 nitrogen and oxygen atoms in total. The Labute approximate surface area is 227 Å². The van der Waals surface area contributed by atoms with Crippen molar-refractivity contribution in [3.63, 3.8) is 0 Å². The van der Waals surface area contributed by atoms with E-state index in [0.29, 0.717) is 3.80 Å². The molecule has 0 aliphatic carbocycles. The first kappa shape index (κ1) is 33.2. The Bertz CT molecular complexity index is 423. The fourth-order valence-electron chi connectivity index (χ4n) is 5.77. The first-order valence-corrected chi connectivity index (χ1v) is 17.9. The van der Waals surface area contributed by atoms with Gasteiger partial charge in [-0.2, -0.15) is 0 Å². The van der Waals surface area contributed by atoms with E-state index in [1.165, 1.54) is 116 Å². The van der Waals surface area contributed by atoms with Gasteiger partial charge >= 0.3 is 228 Å². The molecule has 0 aliphatic heterocycles. The second-order valence-corrected chi connectivity index (χ2v) is 16.6. The summed E-state index contributed by atoms with van der Waals surface area (Å²) in [4.78, 5) is 14.0. The zero-order valence-electron chi connectivity index (χ0n) is 22.5. The number of carbonyl (C=O) groups excluding carboxylic acids is 1. The van der Waals surface area contributed by atoms with Crippen LogP contribution in [0, 0.1) is 10.8 Å². The van der Waals surface area contributed by atoms with Crippen LogP contribution in [0.15, 0.2) is 0 Å². The number of carbonyl (C=O) groups is 1. The maximum absolute atomic E-state index is 14.0. The average molecular weight is 661 g/mol. The van der Waals surface area contributed by atoms with Crippen LogP contribution < -0.4 is 0 Å². The van der Waals surface area contributed by atoms with Gasteiger partial charge in [0.1, 0.15) is 0 Å². The Hall–Kier alpha value is 1.23. The van der Waals surface area contributed by atoms with Crippen LogP contribution in [0.5, 0.6) is 0 Å². The van der Waals surface area contributed by atoms with Crippen LogP contribution in [0.1, 0.15) is 163 Å². The van der Waals surface area contributed by atoms with E-state index in [1.54, 1.807) is 0 Å². The van der Waals surface area contributed by atoms with Crippen LogP contribution in [0.25, 0.3) is 0 Å². The predicted octanol–water partition coefficient (Wildman–Crippen LogP) is 9.11. The van der Waals surface area contributed by atoms with Gasteiger partial charge in [-0.15, -0.1) is 0 Å². The summed E-state index contributed by atoms with van der Waals surface area (Å²) in [5, 5.41) is 0. The zero-order chi connectivity index (χ0) is 24.1. The van der Waals surface area contributed by atoms with Gasteiger partial charge in [0.2, 0.25) is 0 Å². The monoisotopic (exact) mass is 663 g/mol. The third-order valence-corrected chi connectivity index (χ3v) is 11.9. The van der Waals surface area contributed by atoms with E-state index >= 15 is 0 Å². The second kappa shape index (κ2) is 21.5. The molecule has 0 heterocycles. The normalized spacial score (nSPS) is 12.4. The molecule has 0 unspecified atom stereocenters. The molecule has 0 aliphatic rings. The molecule has 32 heavy (non-hydrogen) atoms. The van der Waals surface area contributed by atoms with Gasteiger partial charge in [-0.1, -0.05) is 0 Å². The summed E-state index contributed by atoms with van der Waals surface area (Å²) in [6.45, 7) is 11.5. The summed E-state index contributed by atoms with van der Waals surface area (Å²) < 4.78 is 6.37. The maximum atomic E-state index is 14.0. The van der Waals surface area contributed by atoms with E-state index in [4.69, 9.17) is 1.41 Å². The summed E-state index contributed by atoms with van der Waals surface area (Å²) in [6.07, 6.45) is 25.4. The van der Waals surface area contributed by atoms with Gasteiger partial charge in [-0.05, 0) is 0 Å². The van der Waals surface area contributed by atoms with Gasteiger partial charge < -0.3 is 0 Å². The topological polar surface area (TPSA) is 26.3 Å². The molecule has 0 amide bonds. The molecular weight excluding hydrogens is 606 g/mol. The molecule has 0 fully saturated rings. The Balaban J connectivity index is 5.97. The minimum absolute atomic E-state index is 0.103. The van der Waals surface area contributed by atoms with Crippen molar-refractivity contribution in [2.24, 2.45) is 10.8 Å². The van der Waals surface area contributed by atoms with Gasteiger partial charge in [0.15, 0.2) is 0 Å². The molecule has 0 N–H and O–H groups in total. The van der Waals surface area contributed by atoms with Crippen molar-refractivity contribution in [2.75, 3.05) is 0 Å². The van der Waals surface area contributed by atoms with Crippen LogP contribution in [0.3, 0.4) is 0 Å². The molecule has 5 radical (unpaired) electrons. The van der Waals surface area contributed by atoms with Crippen molar-refractivity contribution in [2.45, 2.75) is 163 Å². The summed E-state index contributed by atoms with van der Waals surface area (Å²) in [6, 6.07) is 0. The Morgan fingerprint density at radius 3 is 1.41 bits per heavy atom. The fourth-order valence-corrected chi connectivity index (χ4v) is 9.84. The molecule has 0 bridgehead atoms. The van der Waals surface area contributed by atoms with Crippen LogP contribution in [0.4, 0.5) is 0 Å². The molecule has 0 aromatic carbocycles. The van der Waals surface area contributed by atoms with E-state index in [2.05, 4.69) is 34.6 Å². The molecule has 0 saturated heterocycles. The second-order valence-electron chi connectivity index (χ2n) is 10.2. The Morgan fingerprint density at radius 1 is 0.594 bits per heavy atom. The van der Waals surface area contributed by atoms with Gasteiger partial charge in [0.05, 0.1) is 0 Å². The molecule has 0 aromatic rings. The fraction of sp³-hybridized carbons (Fsp3) is 0.964. The molecule has 0 saturated carbocycles.